The van der Waals surface area contributed by atoms with Crippen LogP contribution in [0.15, 0.2) is 36.0 Å². The molecule has 5 nitrogen and oxygen atoms in total. The number of hydrogen-bond donors (Lipinski definition) is 0. The van der Waals surface area contributed by atoms with E-state index in [-0.39, 0.29) is 17.3 Å². The molecule has 1 aromatic carbocycles. The van der Waals surface area contributed by atoms with Crippen LogP contribution in [-0.4, -0.2) is 30.6 Å². The van der Waals surface area contributed by atoms with Crippen molar-refractivity contribution >= 4 is 16.2 Å². The predicted molar refractivity (Wildman–Crippen MR) is 92.3 cm³/mol. The van der Waals surface area contributed by atoms with Crippen molar-refractivity contribution in [1.82, 2.24) is 9.78 Å². The molecule has 0 spiro atoms. The number of fused-ring (bicyclic) bond motifs is 2. The highest BCUT2D eigenvalue weighted by atomic mass is 32.2. The summed E-state index contributed by atoms with van der Waals surface area (Å²) in [4.78, 5) is 0. The van der Waals surface area contributed by atoms with E-state index < -0.39 is 10.1 Å². The van der Waals surface area contributed by atoms with Crippen LogP contribution < -0.4 is 0 Å². The lowest BCUT2D eigenvalue weighted by molar-refractivity contribution is 0.115. The van der Waals surface area contributed by atoms with Crippen molar-refractivity contribution in [2.24, 2.45) is 5.41 Å². The van der Waals surface area contributed by atoms with Gasteiger partial charge in [-0.25, -0.2) is 9.07 Å². The molecule has 1 fully saturated rings. The van der Waals surface area contributed by atoms with Crippen molar-refractivity contribution in [3.05, 3.63) is 53.1 Å². The van der Waals surface area contributed by atoms with Crippen molar-refractivity contribution in [1.29, 1.82) is 0 Å². The van der Waals surface area contributed by atoms with E-state index in [1.165, 1.54) is 17.7 Å². The molecule has 7 heteroatoms. The summed E-state index contributed by atoms with van der Waals surface area (Å²) < 4.78 is 43.5. The molecule has 0 unspecified atom stereocenters. The van der Waals surface area contributed by atoms with Crippen LogP contribution in [0.4, 0.5) is 4.39 Å². The van der Waals surface area contributed by atoms with Crippen molar-refractivity contribution in [2.75, 3.05) is 6.26 Å². The Bertz CT molecular complexity index is 963. The highest BCUT2D eigenvalue weighted by Gasteiger charge is 2.47. The monoisotopic (exact) mass is 362 g/mol. The number of rotatable bonds is 3. The smallest absolute Gasteiger partial charge is 0.264 e. The van der Waals surface area contributed by atoms with Crippen molar-refractivity contribution < 1.29 is 17.0 Å². The first kappa shape index (κ1) is 16.5. The fourth-order valence-electron chi connectivity index (χ4n) is 3.96. The Morgan fingerprint density at radius 3 is 2.72 bits per heavy atom. The van der Waals surface area contributed by atoms with Crippen LogP contribution in [0.2, 0.25) is 0 Å². The van der Waals surface area contributed by atoms with E-state index >= 15 is 0 Å². The van der Waals surface area contributed by atoms with Crippen molar-refractivity contribution in [3.63, 3.8) is 0 Å². The molecule has 1 heterocycles. The van der Waals surface area contributed by atoms with Gasteiger partial charge in [0.1, 0.15) is 5.82 Å². The zero-order valence-electron chi connectivity index (χ0n) is 14.1. The van der Waals surface area contributed by atoms with Gasteiger partial charge >= 0.3 is 0 Å². The largest absolute Gasteiger partial charge is 0.266 e. The Balaban J connectivity index is 1.73. The molecule has 0 radical (unpaired) electrons. The molecule has 4 rings (SSSR count). The van der Waals surface area contributed by atoms with Gasteiger partial charge in [-0.15, -0.1) is 0 Å². The van der Waals surface area contributed by atoms with Gasteiger partial charge < -0.3 is 0 Å². The maximum Gasteiger partial charge on any atom is 0.264 e. The van der Waals surface area contributed by atoms with Gasteiger partial charge in [0.25, 0.3) is 10.1 Å². The second-order valence-electron chi connectivity index (χ2n) is 7.03. The molecule has 0 amide bonds. The summed E-state index contributed by atoms with van der Waals surface area (Å²) in [5.74, 6) is -0.285. The Morgan fingerprint density at radius 1 is 1.32 bits per heavy atom. The molecular formula is C18H19FN2O3S. The minimum atomic E-state index is -3.50. The third-order valence-corrected chi connectivity index (χ3v) is 5.82. The molecular weight excluding hydrogens is 343 g/mol. The van der Waals surface area contributed by atoms with E-state index in [4.69, 9.17) is 4.18 Å². The standard InChI is InChI=1S/C18H19FN2O3S/c1-18-10-12-11-20-21(15-6-4-14(19)5-7-15)16(12)9-13(18)3-8-17(18)24-25(2,22)23/h4-7,9,11,17H,3,8,10H2,1-2H3/t17-,18-/m0/s1. The van der Waals surface area contributed by atoms with Crippen LogP contribution in [0.3, 0.4) is 0 Å². The van der Waals surface area contributed by atoms with E-state index in [1.807, 2.05) is 0 Å². The SMILES string of the molecule is C[C@]12Cc3cnn(-c4ccc(F)cc4)c3C=C1CC[C@@H]2OS(C)(=O)=O. The van der Waals surface area contributed by atoms with Gasteiger partial charge in [-0.3, -0.25) is 4.18 Å². The summed E-state index contributed by atoms with van der Waals surface area (Å²) in [5, 5.41) is 4.45. The van der Waals surface area contributed by atoms with Crippen LogP contribution >= 0.6 is 0 Å². The highest BCUT2D eigenvalue weighted by molar-refractivity contribution is 7.86. The maximum atomic E-state index is 13.2. The van der Waals surface area contributed by atoms with E-state index in [0.29, 0.717) is 12.8 Å². The first-order valence-electron chi connectivity index (χ1n) is 8.18. The summed E-state index contributed by atoms with van der Waals surface area (Å²) >= 11 is 0. The van der Waals surface area contributed by atoms with Crippen molar-refractivity contribution in [2.45, 2.75) is 32.3 Å². The van der Waals surface area contributed by atoms with Crippen molar-refractivity contribution in [3.8, 4) is 5.69 Å². The molecule has 1 saturated carbocycles. The number of nitrogens with zero attached hydrogens (tertiary/aromatic N) is 2. The van der Waals surface area contributed by atoms with Gasteiger partial charge in [0, 0.05) is 5.41 Å². The minimum Gasteiger partial charge on any atom is -0.266 e. The molecule has 132 valence electrons. The average molecular weight is 362 g/mol. The van der Waals surface area contributed by atoms with Crippen LogP contribution in [0, 0.1) is 11.2 Å². The number of halogens is 1. The summed E-state index contributed by atoms with van der Waals surface area (Å²) in [5.41, 5.74) is 3.65. The van der Waals surface area contributed by atoms with E-state index in [2.05, 4.69) is 18.1 Å². The lowest BCUT2D eigenvalue weighted by atomic mass is 9.74. The minimum absolute atomic E-state index is 0.285. The lowest BCUT2D eigenvalue weighted by Gasteiger charge is -2.34. The second-order valence-corrected chi connectivity index (χ2v) is 8.64. The zero-order chi connectivity index (χ0) is 17.8. The molecule has 2 aliphatic rings. The molecule has 2 aromatic rings. The van der Waals surface area contributed by atoms with Gasteiger partial charge in [0.15, 0.2) is 0 Å². The molecule has 0 bridgehead atoms. The predicted octanol–water partition coefficient (Wildman–Crippen LogP) is 3.10. The number of hydrogen-bond acceptors (Lipinski definition) is 4. The highest BCUT2D eigenvalue weighted by Crippen LogP contribution is 2.51. The third-order valence-electron chi connectivity index (χ3n) is 5.24. The fraction of sp³-hybridized carbons (Fsp3) is 0.389. The molecule has 1 aromatic heterocycles. The Morgan fingerprint density at radius 2 is 2.04 bits per heavy atom. The maximum absolute atomic E-state index is 13.2. The summed E-state index contributed by atoms with van der Waals surface area (Å²) in [6.45, 7) is 2.06. The second kappa shape index (κ2) is 5.51. The molecule has 0 aliphatic heterocycles. The Kier molecular flexibility index (Phi) is 3.63. The quantitative estimate of drug-likeness (QED) is 0.787. The summed E-state index contributed by atoms with van der Waals surface area (Å²) in [6.07, 6.45) is 6.78. The molecule has 2 aliphatic carbocycles. The molecule has 0 N–H and O–H groups in total. The molecule has 2 atom stereocenters. The van der Waals surface area contributed by atoms with Gasteiger partial charge in [0.2, 0.25) is 0 Å². The van der Waals surface area contributed by atoms with Crippen LogP contribution in [0.1, 0.15) is 31.0 Å². The van der Waals surface area contributed by atoms with Crippen LogP contribution in [0.25, 0.3) is 11.8 Å². The van der Waals surface area contributed by atoms with Crippen LogP contribution in [0.5, 0.6) is 0 Å². The van der Waals surface area contributed by atoms with Gasteiger partial charge in [-0.2, -0.15) is 13.5 Å². The summed E-state index contributed by atoms with van der Waals surface area (Å²) in [6, 6.07) is 6.21. The van der Waals surface area contributed by atoms with E-state index in [9.17, 15) is 12.8 Å². The van der Waals surface area contributed by atoms with Gasteiger partial charge in [-0.1, -0.05) is 12.5 Å². The number of benzene rings is 1. The summed E-state index contributed by atoms with van der Waals surface area (Å²) in [7, 11) is -3.50. The third kappa shape index (κ3) is 2.81. The van der Waals surface area contributed by atoms with Gasteiger partial charge in [-0.05, 0) is 55.2 Å². The fourth-order valence-corrected chi connectivity index (χ4v) is 4.69. The molecule has 0 saturated heterocycles. The van der Waals surface area contributed by atoms with Crippen LogP contribution in [-0.2, 0) is 20.7 Å². The number of aromatic nitrogens is 2. The average Bonchev–Trinajstić information content (AvgIpc) is 3.06. The Labute approximate surface area is 146 Å². The van der Waals surface area contributed by atoms with Gasteiger partial charge in [0.05, 0.1) is 29.9 Å². The van der Waals surface area contributed by atoms with E-state index in [0.717, 1.165) is 29.6 Å². The first-order valence-corrected chi connectivity index (χ1v) is 10.00. The Hall–Kier alpha value is -1.99. The lowest BCUT2D eigenvalue weighted by Crippen LogP contribution is -2.35. The topological polar surface area (TPSA) is 61.2 Å². The van der Waals surface area contributed by atoms with E-state index in [1.54, 1.807) is 23.0 Å². The molecule has 25 heavy (non-hydrogen) atoms. The first-order chi connectivity index (χ1) is 11.8. The normalized spacial score (nSPS) is 25.4. The zero-order valence-corrected chi connectivity index (χ0v) is 14.9.